The van der Waals surface area contributed by atoms with Crippen LogP contribution in [-0.2, 0) is 7.05 Å². The topological polar surface area (TPSA) is 112 Å². The number of carbonyl (C=O) groups is 1. The second-order valence-corrected chi connectivity index (χ2v) is 6.84. The van der Waals surface area contributed by atoms with Gasteiger partial charge in [0.2, 0.25) is 5.95 Å². The number of anilines is 2. The minimum absolute atomic E-state index is 0.0325. The average Bonchev–Trinajstić information content (AvgIpc) is 3.21. The van der Waals surface area contributed by atoms with Crippen molar-refractivity contribution in [2.75, 3.05) is 11.9 Å². The lowest BCUT2D eigenvalue weighted by Crippen LogP contribution is -2.48. The van der Waals surface area contributed by atoms with Crippen LogP contribution in [0.3, 0.4) is 0 Å². The van der Waals surface area contributed by atoms with E-state index in [4.69, 9.17) is 5.26 Å². The van der Waals surface area contributed by atoms with E-state index >= 15 is 0 Å². The third-order valence-electron chi connectivity index (χ3n) is 4.96. The molecule has 2 aromatic heterocycles. The molecule has 2 unspecified atom stereocenters. The molecular weight excluding hydrogens is 363 g/mol. The van der Waals surface area contributed by atoms with Gasteiger partial charge in [-0.15, -0.1) is 0 Å². The van der Waals surface area contributed by atoms with E-state index in [1.54, 1.807) is 29.0 Å². The number of aryl methyl sites for hydroxylation is 1. The zero-order valence-corrected chi connectivity index (χ0v) is 15.3. The highest BCUT2D eigenvalue weighted by Crippen LogP contribution is 2.38. The number of hydrogen-bond acceptors (Lipinski definition) is 6. The summed E-state index contributed by atoms with van der Waals surface area (Å²) in [4.78, 5) is 22.4. The first-order valence-corrected chi connectivity index (χ1v) is 8.97. The second kappa shape index (κ2) is 7.26. The molecule has 10 heteroatoms. The number of fused-ring (bicyclic) bond motifs is 2. The standard InChI is InChI=1S/C18H19FN8O/c1-26-10-12(8-23-26)24-17-22-9-15(19)16(25-17)11-6-13-2-3-14(7-11)27(13)18(28)21-5-4-20/h6,8-10,13-14H,2-3,5,7H2,1H3,(H,21,28)(H,22,24,25). The summed E-state index contributed by atoms with van der Waals surface area (Å²) >= 11 is 0. The first-order valence-electron chi connectivity index (χ1n) is 8.97. The molecular formula is C18H19FN8O. The van der Waals surface area contributed by atoms with Gasteiger partial charge in [0.25, 0.3) is 0 Å². The van der Waals surface area contributed by atoms with Crippen molar-refractivity contribution in [1.29, 1.82) is 5.26 Å². The van der Waals surface area contributed by atoms with E-state index in [1.807, 2.05) is 12.1 Å². The first-order chi connectivity index (χ1) is 13.5. The molecule has 0 saturated carbocycles. The molecule has 2 amide bonds. The monoisotopic (exact) mass is 382 g/mol. The molecule has 2 aromatic rings. The van der Waals surface area contributed by atoms with Crippen LogP contribution in [0.1, 0.15) is 25.0 Å². The van der Waals surface area contributed by atoms with Gasteiger partial charge in [0.1, 0.15) is 12.2 Å². The summed E-state index contributed by atoms with van der Waals surface area (Å²) in [6.07, 6.45) is 8.59. The van der Waals surface area contributed by atoms with Crippen molar-refractivity contribution >= 4 is 23.2 Å². The van der Waals surface area contributed by atoms with Crippen molar-refractivity contribution in [2.24, 2.45) is 7.05 Å². The summed E-state index contributed by atoms with van der Waals surface area (Å²) in [7, 11) is 1.79. The maximum atomic E-state index is 14.5. The zero-order chi connectivity index (χ0) is 19.7. The van der Waals surface area contributed by atoms with E-state index in [1.165, 1.54) is 0 Å². The van der Waals surface area contributed by atoms with Crippen LogP contribution in [0.4, 0.5) is 20.8 Å². The first kappa shape index (κ1) is 17.9. The Kier molecular flexibility index (Phi) is 4.65. The third kappa shape index (κ3) is 3.38. The molecule has 2 aliphatic rings. The highest BCUT2D eigenvalue weighted by Gasteiger charge is 2.40. The Labute approximate surface area is 160 Å². The predicted octanol–water partition coefficient (Wildman–Crippen LogP) is 1.95. The van der Waals surface area contributed by atoms with Crippen molar-refractivity contribution in [2.45, 2.75) is 31.3 Å². The number of nitriles is 1. The maximum absolute atomic E-state index is 14.5. The number of amides is 2. The van der Waals surface area contributed by atoms with E-state index in [0.717, 1.165) is 24.6 Å². The lowest BCUT2D eigenvalue weighted by atomic mass is 9.98. The van der Waals surface area contributed by atoms with Crippen LogP contribution in [-0.4, -0.2) is 49.3 Å². The largest absolute Gasteiger partial charge is 0.325 e. The van der Waals surface area contributed by atoms with Gasteiger partial charge < -0.3 is 15.5 Å². The van der Waals surface area contributed by atoms with Gasteiger partial charge in [-0.2, -0.15) is 10.4 Å². The van der Waals surface area contributed by atoms with Gasteiger partial charge in [0.05, 0.1) is 30.2 Å². The van der Waals surface area contributed by atoms with Crippen molar-refractivity contribution in [3.63, 3.8) is 0 Å². The van der Waals surface area contributed by atoms with Gasteiger partial charge >= 0.3 is 6.03 Å². The smallest absolute Gasteiger partial charge is 0.318 e. The van der Waals surface area contributed by atoms with Crippen LogP contribution >= 0.6 is 0 Å². The summed E-state index contributed by atoms with van der Waals surface area (Å²) in [5, 5.41) is 18.3. The van der Waals surface area contributed by atoms with Crippen LogP contribution < -0.4 is 10.6 Å². The number of carbonyl (C=O) groups excluding carboxylic acids is 1. The molecule has 4 heterocycles. The van der Waals surface area contributed by atoms with Crippen molar-refractivity contribution in [3.8, 4) is 6.07 Å². The Bertz CT molecular complexity index is 978. The number of halogens is 1. The van der Waals surface area contributed by atoms with Crippen molar-refractivity contribution < 1.29 is 9.18 Å². The Hall–Kier alpha value is -3.48. The van der Waals surface area contributed by atoms with E-state index < -0.39 is 5.82 Å². The summed E-state index contributed by atoms with van der Waals surface area (Å²) in [5.41, 5.74) is 1.72. The molecule has 9 nitrogen and oxygen atoms in total. The minimum atomic E-state index is -0.496. The van der Waals surface area contributed by atoms with Gasteiger partial charge in [-0.05, 0) is 24.8 Å². The second-order valence-electron chi connectivity index (χ2n) is 6.84. The summed E-state index contributed by atoms with van der Waals surface area (Å²) in [6.45, 7) is -0.0325. The SMILES string of the molecule is Cn1cc(Nc2ncc(F)c(C3=CC4CCC(C3)N4C(=O)NCC#N)n2)cn1. The maximum Gasteiger partial charge on any atom is 0.318 e. The Morgan fingerprint density at radius 1 is 1.43 bits per heavy atom. The fraction of sp³-hybridized carbons (Fsp3) is 0.389. The molecule has 0 spiro atoms. The molecule has 0 aliphatic carbocycles. The Morgan fingerprint density at radius 2 is 2.29 bits per heavy atom. The highest BCUT2D eigenvalue weighted by atomic mass is 19.1. The number of nitrogens with zero attached hydrogens (tertiary/aromatic N) is 6. The quantitative estimate of drug-likeness (QED) is 0.782. The van der Waals surface area contributed by atoms with E-state index in [0.29, 0.717) is 12.1 Å². The minimum Gasteiger partial charge on any atom is -0.325 e. The summed E-state index contributed by atoms with van der Waals surface area (Å²) < 4.78 is 16.1. The lowest BCUT2D eigenvalue weighted by Gasteiger charge is -2.33. The zero-order valence-electron chi connectivity index (χ0n) is 15.3. The van der Waals surface area contributed by atoms with Gasteiger partial charge in [0, 0.05) is 19.3 Å². The molecule has 0 radical (unpaired) electrons. The molecule has 1 fully saturated rings. The lowest BCUT2D eigenvalue weighted by molar-refractivity contribution is 0.181. The van der Waals surface area contributed by atoms with Crippen LogP contribution in [0.25, 0.3) is 5.57 Å². The van der Waals surface area contributed by atoms with E-state index in [2.05, 4.69) is 25.7 Å². The predicted molar refractivity (Wildman–Crippen MR) is 98.7 cm³/mol. The van der Waals surface area contributed by atoms with Gasteiger partial charge in [0.15, 0.2) is 5.82 Å². The van der Waals surface area contributed by atoms with Crippen LogP contribution in [0, 0.1) is 17.1 Å². The Morgan fingerprint density at radius 3 is 3.00 bits per heavy atom. The molecule has 2 bridgehead atoms. The fourth-order valence-corrected chi connectivity index (χ4v) is 3.80. The Balaban J connectivity index is 1.57. The van der Waals surface area contributed by atoms with Crippen LogP contribution in [0.5, 0.6) is 0 Å². The number of nitrogens with one attached hydrogen (secondary N) is 2. The molecule has 1 saturated heterocycles. The highest BCUT2D eigenvalue weighted by molar-refractivity contribution is 5.78. The molecule has 2 aliphatic heterocycles. The molecule has 28 heavy (non-hydrogen) atoms. The van der Waals surface area contributed by atoms with Crippen LogP contribution in [0.2, 0.25) is 0 Å². The number of hydrogen-bond donors (Lipinski definition) is 2. The van der Waals surface area contributed by atoms with Gasteiger partial charge in [-0.1, -0.05) is 6.08 Å². The molecule has 2 N–H and O–H groups in total. The number of aromatic nitrogens is 4. The van der Waals surface area contributed by atoms with Crippen molar-refractivity contribution in [3.05, 3.63) is 36.2 Å². The molecule has 4 rings (SSSR count). The summed E-state index contributed by atoms with van der Waals surface area (Å²) in [6, 6.07) is 1.48. The molecule has 0 aromatic carbocycles. The molecule has 144 valence electrons. The van der Waals surface area contributed by atoms with Gasteiger partial charge in [-0.3, -0.25) is 4.68 Å². The third-order valence-corrected chi connectivity index (χ3v) is 4.96. The summed E-state index contributed by atoms with van der Waals surface area (Å²) in [5.74, 6) is -0.211. The number of rotatable bonds is 4. The molecule has 2 atom stereocenters. The number of urea groups is 1. The van der Waals surface area contributed by atoms with Crippen LogP contribution in [0.15, 0.2) is 24.7 Å². The normalized spacial score (nSPS) is 20.5. The van der Waals surface area contributed by atoms with Crippen molar-refractivity contribution in [1.82, 2.24) is 30.0 Å². The average molecular weight is 382 g/mol. The van der Waals surface area contributed by atoms with Gasteiger partial charge in [-0.25, -0.2) is 19.2 Å². The van der Waals surface area contributed by atoms with E-state index in [-0.39, 0.29) is 36.3 Å². The van der Waals surface area contributed by atoms with E-state index in [9.17, 15) is 9.18 Å². The fourth-order valence-electron chi connectivity index (χ4n) is 3.80.